The SMILES string of the molecule is CC(NC(=O)Nc1ccc(C(N)=O)cc1)Oc1ccc(Cl)cc1. The number of hydrogen-bond acceptors (Lipinski definition) is 3. The summed E-state index contributed by atoms with van der Waals surface area (Å²) < 4.78 is 5.54. The lowest BCUT2D eigenvalue weighted by atomic mass is 10.2. The lowest BCUT2D eigenvalue weighted by Crippen LogP contribution is -2.39. The molecular formula is C16H16ClN3O3. The molecule has 6 nitrogen and oxygen atoms in total. The van der Waals surface area contributed by atoms with Crippen molar-refractivity contribution < 1.29 is 14.3 Å². The second-order valence-corrected chi connectivity index (χ2v) is 5.19. The Kier molecular flexibility index (Phi) is 5.43. The number of nitrogens with one attached hydrogen (secondary N) is 2. The van der Waals surface area contributed by atoms with E-state index < -0.39 is 18.2 Å². The Morgan fingerprint density at radius 1 is 1.09 bits per heavy atom. The van der Waals surface area contributed by atoms with Crippen LogP contribution in [0.1, 0.15) is 17.3 Å². The molecule has 3 amide bonds. The van der Waals surface area contributed by atoms with E-state index in [1.54, 1.807) is 43.3 Å². The predicted molar refractivity (Wildman–Crippen MR) is 88.7 cm³/mol. The molecule has 23 heavy (non-hydrogen) atoms. The van der Waals surface area contributed by atoms with Crippen molar-refractivity contribution in [3.63, 3.8) is 0 Å². The first-order valence-electron chi connectivity index (χ1n) is 6.83. The van der Waals surface area contributed by atoms with Gasteiger partial charge in [-0.25, -0.2) is 4.79 Å². The summed E-state index contributed by atoms with van der Waals surface area (Å²) in [5, 5.41) is 5.87. The molecule has 1 unspecified atom stereocenters. The monoisotopic (exact) mass is 333 g/mol. The Morgan fingerprint density at radius 3 is 2.26 bits per heavy atom. The van der Waals surface area contributed by atoms with Crippen LogP contribution in [0.5, 0.6) is 5.75 Å². The van der Waals surface area contributed by atoms with Crippen LogP contribution in [0.3, 0.4) is 0 Å². The van der Waals surface area contributed by atoms with Crippen LogP contribution < -0.4 is 21.1 Å². The van der Waals surface area contributed by atoms with Crippen molar-refractivity contribution in [3.05, 3.63) is 59.1 Å². The number of rotatable bonds is 5. The van der Waals surface area contributed by atoms with Gasteiger partial charge in [0.25, 0.3) is 0 Å². The van der Waals surface area contributed by atoms with E-state index in [9.17, 15) is 9.59 Å². The molecule has 120 valence electrons. The first-order chi connectivity index (χ1) is 10.9. The summed E-state index contributed by atoms with van der Waals surface area (Å²) in [6.45, 7) is 1.70. The Morgan fingerprint density at radius 2 is 1.70 bits per heavy atom. The summed E-state index contributed by atoms with van der Waals surface area (Å²) in [6.07, 6.45) is -0.541. The van der Waals surface area contributed by atoms with Gasteiger partial charge in [-0.1, -0.05) is 11.6 Å². The quantitative estimate of drug-likeness (QED) is 0.734. The molecule has 0 heterocycles. The molecule has 1 atom stereocenters. The van der Waals surface area contributed by atoms with Crippen LogP contribution >= 0.6 is 11.6 Å². The Balaban J connectivity index is 1.86. The maximum absolute atomic E-state index is 11.9. The molecule has 0 spiro atoms. The zero-order valence-electron chi connectivity index (χ0n) is 12.4. The van der Waals surface area contributed by atoms with Crippen LogP contribution in [0.4, 0.5) is 10.5 Å². The van der Waals surface area contributed by atoms with Gasteiger partial charge in [0.1, 0.15) is 5.75 Å². The normalized spacial score (nSPS) is 11.4. The summed E-state index contributed by atoms with van der Waals surface area (Å²) in [4.78, 5) is 22.8. The van der Waals surface area contributed by atoms with E-state index in [4.69, 9.17) is 22.1 Å². The predicted octanol–water partition coefficient (Wildman–Crippen LogP) is 2.99. The van der Waals surface area contributed by atoms with Crippen LogP contribution in [0.25, 0.3) is 0 Å². The van der Waals surface area contributed by atoms with E-state index in [0.717, 1.165) is 0 Å². The first kappa shape index (κ1) is 16.6. The largest absolute Gasteiger partial charge is 0.471 e. The van der Waals surface area contributed by atoms with Gasteiger partial charge in [0, 0.05) is 16.3 Å². The van der Waals surface area contributed by atoms with Crippen LogP contribution in [0.2, 0.25) is 5.02 Å². The topological polar surface area (TPSA) is 93.5 Å². The minimum Gasteiger partial charge on any atom is -0.471 e. The van der Waals surface area contributed by atoms with E-state index >= 15 is 0 Å². The molecule has 0 aliphatic heterocycles. The van der Waals surface area contributed by atoms with Gasteiger partial charge in [0.05, 0.1) is 0 Å². The van der Waals surface area contributed by atoms with Gasteiger partial charge in [-0.15, -0.1) is 0 Å². The molecule has 0 aliphatic carbocycles. The first-order valence-corrected chi connectivity index (χ1v) is 7.21. The fourth-order valence-electron chi connectivity index (χ4n) is 1.82. The van der Waals surface area contributed by atoms with E-state index in [-0.39, 0.29) is 0 Å². The van der Waals surface area contributed by atoms with E-state index in [1.807, 2.05) is 0 Å². The molecule has 0 radical (unpaired) electrons. The number of carbonyl (C=O) groups excluding carboxylic acids is 2. The molecule has 0 saturated heterocycles. The Bertz CT molecular complexity index is 687. The van der Waals surface area contributed by atoms with Crippen molar-refractivity contribution in [2.45, 2.75) is 13.2 Å². The lowest BCUT2D eigenvalue weighted by Gasteiger charge is -2.16. The second kappa shape index (κ2) is 7.51. The van der Waals surface area contributed by atoms with Gasteiger partial charge in [-0.3, -0.25) is 4.79 Å². The fourth-order valence-corrected chi connectivity index (χ4v) is 1.94. The highest BCUT2D eigenvalue weighted by molar-refractivity contribution is 6.30. The highest BCUT2D eigenvalue weighted by Crippen LogP contribution is 2.16. The maximum atomic E-state index is 11.9. The lowest BCUT2D eigenvalue weighted by molar-refractivity contribution is 0.100. The third-order valence-electron chi connectivity index (χ3n) is 2.89. The standard InChI is InChI=1S/C16H16ClN3O3/c1-10(23-14-8-4-12(17)5-9-14)19-16(22)20-13-6-2-11(3-7-13)15(18)21/h2-10H,1H3,(H2,18,21)(H2,19,20,22). The van der Waals surface area contributed by atoms with Crippen LogP contribution in [-0.4, -0.2) is 18.2 Å². The fraction of sp³-hybridized carbons (Fsp3) is 0.125. The van der Waals surface area contributed by atoms with Crippen molar-refractivity contribution in [1.82, 2.24) is 5.32 Å². The van der Waals surface area contributed by atoms with Crippen LogP contribution in [0, 0.1) is 0 Å². The number of urea groups is 1. The third kappa shape index (κ3) is 5.19. The summed E-state index contributed by atoms with van der Waals surface area (Å²) in [5.74, 6) is 0.0685. The average molecular weight is 334 g/mol. The van der Waals surface area contributed by atoms with Crippen molar-refractivity contribution in [2.24, 2.45) is 5.73 Å². The van der Waals surface area contributed by atoms with E-state index in [2.05, 4.69) is 10.6 Å². The van der Waals surface area contributed by atoms with E-state index in [1.165, 1.54) is 12.1 Å². The molecule has 0 bridgehead atoms. The number of carbonyl (C=O) groups is 2. The van der Waals surface area contributed by atoms with Gasteiger partial charge < -0.3 is 21.1 Å². The zero-order valence-corrected chi connectivity index (χ0v) is 13.1. The second-order valence-electron chi connectivity index (χ2n) is 4.75. The minimum atomic E-state index is -0.541. The molecule has 0 aromatic heterocycles. The van der Waals surface area contributed by atoms with Crippen molar-refractivity contribution >= 4 is 29.2 Å². The number of benzene rings is 2. The smallest absolute Gasteiger partial charge is 0.322 e. The average Bonchev–Trinajstić information content (AvgIpc) is 2.50. The van der Waals surface area contributed by atoms with Crippen LogP contribution in [-0.2, 0) is 0 Å². The maximum Gasteiger partial charge on any atom is 0.322 e. The molecule has 0 aliphatic rings. The summed E-state index contributed by atoms with van der Waals surface area (Å²) >= 11 is 5.79. The Hall–Kier alpha value is -2.73. The summed E-state index contributed by atoms with van der Waals surface area (Å²) in [7, 11) is 0. The van der Waals surface area contributed by atoms with Gasteiger partial charge in [-0.2, -0.15) is 0 Å². The highest BCUT2D eigenvalue weighted by atomic mass is 35.5. The molecular weight excluding hydrogens is 318 g/mol. The molecule has 0 fully saturated rings. The zero-order chi connectivity index (χ0) is 16.8. The summed E-state index contributed by atoms with van der Waals surface area (Å²) in [5.41, 5.74) is 6.05. The number of halogens is 1. The molecule has 0 saturated carbocycles. The highest BCUT2D eigenvalue weighted by Gasteiger charge is 2.09. The van der Waals surface area contributed by atoms with Gasteiger partial charge >= 0.3 is 6.03 Å². The Labute approximate surface area is 138 Å². The van der Waals surface area contributed by atoms with Gasteiger partial charge in [0.15, 0.2) is 6.23 Å². The molecule has 2 aromatic rings. The number of anilines is 1. The number of amides is 3. The van der Waals surface area contributed by atoms with Crippen molar-refractivity contribution in [1.29, 1.82) is 0 Å². The van der Waals surface area contributed by atoms with Crippen LogP contribution in [0.15, 0.2) is 48.5 Å². The number of nitrogens with two attached hydrogens (primary N) is 1. The number of primary amides is 1. The van der Waals surface area contributed by atoms with Crippen molar-refractivity contribution in [3.8, 4) is 5.75 Å². The molecule has 2 rings (SSSR count). The molecule has 2 aromatic carbocycles. The minimum absolute atomic E-state index is 0.371. The van der Waals surface area contributed by atoms with Gasteiger partial charge in [-0.05, 0) is 55.5 Å². The van der Waals surface area contributed by atoms with Crippen molar-refractivity contribution in [2.75, 3.05) is 5.32 Å². The molecule has 4 N–H and O–H groups in total. The number of ether oxygens (including phenoxy) is 1. The number of hydrogen-bond donors (Lipinski definition) is 3. The van der Waals surface area contributed by atoms with E-state index in [0.29, 0.717) is 22.0 Å². The van der Waals surface area contributed by atoms with Gasteiger partial charge in [0.2, 0.25) is 5.91 Å². The molecule has 7 heteroatoms. The summed E-state index contributed by atoms with van der Waals surface area (Å²) in [6, 6.07) is 12.6. The third-order valence-corrected chi connectivity index (χ3v) is 3.14.